The molecule has 6 heteroatoms. The second-order valence-electron chi connectivity index (χ2n) is 5.94. The van der Waals surface area contributed by atoms with Crippen molar-refractivity contribution in [1.29, 1.82) is 0 Å². The molecule has 1 N–H and O–H groups in total. The van der Waals surface area contributed by atoms with Gasteiger partial charge in [0, 0.05) is 24.4 Å². The van der Waals surface area contributed by atoms with Crippen molar-refractivity contribution in [3.8, 4) is 11.7 Å². The molecule has 130 valence electrons. The van der Waals surface area contributed by atoms with Gasteiger partial charge in [0.25, 0.3) is 11.9 Å². The molecule has 0 aliphatic carbocycles. The van der Waals surface area contributed by atoms with E-state index in [2.05, 4.69) is 10.4 Å². The fraction of sp³-hybridized carbons (Fsp3) is 0.263. The summed E-state index contributed by atoms with van der Waals surface area (Å²) in [6, 6.07) is 12.3. The van der Waals surface area contributed by atoms with Gasteiger partial charge in [-0.15, -0.1) is 0 Å². The molecule has 0 saturated carbocycles. The number of para-hydroxylation sites is 1. The van der Waals surface area contributed by atoms with Gasteiger partial charge in [-0.1, -0.05) is 18.2 Å². The van der Waals surface area contributed by atoms with E-state index in [9.17, 15) is 4.79 Å². The van der Waals surface area contributed by atoms with E-state index in [-0.39, 0.29) is 23.7 Å². The lowest BCUT2D eigenvalue weighted by atomic mass is 10.1. The summed E-state index contributed by atoms with van der Waals surface area (Å²) in [5.41, 5.74) is 2.95. The molecule has 0 aliphatic heterocycles. The highest BCUT2D eigenvalue weighted by atomic mass is 16.6. The number of carbonyl (C=O) groups is 1. The molecule has 2 heterocycles. The summed E-state index contributed by atoms with van der Waals surface area (Å²) in [5.74, 6) is 0.839. The number of aryl methyl sites for hydroxylation is 2. The molecule has 2 aromatic heterocycles. The number of hydrogen-bond acceptors (Lipinski definition) is 4. The summed E-state index contributed by atoms with van der Waals surface area (Å²) >= 11 is 0. The van der Waals surface area contributed by atoms with Crippen LogP contribution in [0.4, 0.5) is 0 Å². The SMILES string of the molecule is Cc1nn(C)c(C)c1C(C)NC(=O)c1ccc(Oc2ccccc2)o1. The first kappa shape index (κ1) is 16.8. The fourth-order valence-corrected chi connectivity index (χ4v) is 2.86. The first-order valence-electron chi connectivity index (χ1n) is 8.09. The molecule has 3 aromatic rings. The Balaban J connectivity index is 1.69. The Hall–Kier alpha value is -3.02. The summed E-state index contributed by atoms with van der Waals surface area (Å²) < 4.78 is 12.9. The van der Waals surface area contributed by atoms with Crippen molar-refractivity contribution < 1.29 is 13.9 Å². The van der Waals surface area contributed by atoms with Gasteiger partial charge in [0.2, 0.25) is 0 Å². The predicted molar refractivity (Wildman–Crippen MR) is 93.8 cm³/mol. The van der Waals surface area contributed by atoms with Crippen LogP contribution < -0.4 is 10.1 Å². The van der Waals surface area contributed by atoms with Gasteiger partial charge in [-0.25, -0.2) is 0 Å². The van der Waals surface area contributed by atoms with E-state index in [1.807, 2.05) is 62.8 Å². The van der Waals surface area contributed by atoms with Crippen molar-refractivity contribution in [2.45, 2.75) is 26.8 Å². The van der Waals surface area contributed by atoms with Crippen molar-refractivity contribution in [2.75, 3.05) is 0 Å². The first-order chi connectivity index (χ1) is 12.0. The van der Waals surface area contributed by atoms with Gasteiger partial charge in [-0.05, 0) is 39.0 Å². The minimum absolute atomic E-state index is 0.176. The van der Waals surface area contributed by atoms with E-state index in [1.54, 1.807) is 12.1 Å². The molecule has 25 heavy (non-hydrogen) atoms. The standard InChI is InChI=1S/C19H21N3O3/c1-12(18-13(2)21-22(4)14(18)3)20-19(23)16-10-11-17(25-16)24-15-8-6-5-7-9-15/h5-12H,1-4H3,(H,20,23). The minimum Gasteiger partial charge on any atom is -0.426 e. The number of nitrogens with one attached hydrogen (secondary N) is 1. The molecule has 0 saturated heterocycles. The van der Waals surface area contributed by atoms with Crippen LogP contribution in [0.3, 0.4) is 0 Å². The molecule has 1 unspecified atom stereocenters. The van der Waals surface area contributed by atoms with Gasteiger partial charge in [0.15, 0.2) is 5.76 Å². The number of benzene rings is 1. The third-order valence-electron chi connectivity index (χ3n) is 4.11. The van der Waals surface area contributed by atoms with Gasteiger partial charge >= 0.3 is 0 Å². The number of aromatic nitrogens is 2. The third kappa shape index (κ3) is 3.57. The summed E-state index contributed by atoms with van der Waals surface area (Å²) in [4.78, 5) is 12.4. The number of rotatable bonds is 5. The van der Waals surface area contributed by atoms with Crippen molar-refractivity contribution >= 4 is 5.91 Å². The van der Waals surface area contributed by atoms with E-state index in [4.69, 9.17) is 9.15 Å². The third-order valence-corrected chi connectivity index (χ3v) is 4.11. The van der Waals surface area contributed by atoms with E-state index in [0.29, 0.717) is 5.75 Å². The van der Waals surface area contributed by atoms with Crippen LogP contribution in [0.15, 0.2) is 46.9 Å². The number of ether oxygens (including phenoxy) is 1. The van der Waals surface area contributed by atoms with Crippen LogP contribution in [0.25, 0.3) is 0 Å². The minimum atomic E-state index is -0.293. The predicted octanol–water partition coefficient (Wildman–Crippen LogP) is 3.91. The molecular weight excluding hydrogens is 318 g/mol. The lowest BCUT2D eigenvalue weighted by molar-refractivity contribution is 0.0906. The highest BCUT2D eigenvalue weighted by Gasteiger charge is 2.20. The average molecular weight is 339 g/mol. The first-order valence-corrected chi connectivity index (χ1v) is 8.09. The van der Waals surface area contributed by atoms with Gasteiger partial charge < -0.3 is 14.5 Å². The largest absolute Gasteiger partial charge is 0.426 e. The Morgan fingerprint density at radius 2 is 1.92 bits per heavy atom. The van der Waals surface area contributed by atoms with Crippen LogP contribution in [0.1, 0.15) is 40.5 Å². The van der Waals surface area contributed by atoms with Crippen LogP contribution in [0.5, 0.6) is 11.7 Å². The van der Waals surface area contributed by atoms with E-state index in [1.165, 1.54) is 0 Å². The highest BCUT2D eigenvalue weighted by molar-refractivity contribution is 5.91. The smallest absolute Gasteiger partial charge is 0.290 e. The van der Waals surface area contributed by atoms with Crippen LogP contribution in [0, 0.1) is 13.8 Å². The van der Waals surface area contributed by atoms with Crippen molar-refractivity contribution in [2.24, 2.45) is 7.05 Å². The number of carbonyl (C=O) groups excluding carboxylic acids is 1. The molecule has 1 atom stereocenters. The van der Waals surface area contributed by atoms with Crippen LogP contribution in [0.2, 0.25) is 0 Å². The molecular formula is C19H21N3O3. The molecule has 1 aromatic carbocycles. The van der Waals surface area contributed by atoms with E-state index in [0.717, 1.165) is 17.0 Å². The summed E-state index contributed by atoms with van der Waals surface area (Å²) in [6.07, 6.45) is 0. The molecule has 0 radical (unpaired) electrons. The zero-order valence-corrected chi connectivity index (χ0v) is 14.7. The molecule has 6 nitrogen and oxygen atoms in total. The van der Waals surface area contributed by atoms with Crippen molar-refractivity contribution in [1.82, 2.24) is 15.1 Å². The molecule has 0 fully saturated rings. The lowest BCUT2D eigenvalue weighted by Gasteiger charge is -2.13. The summed E-state index contributed by atoms with van der Waals surface area (Å²) in [5, 5.41) is 7.33. The second-order valence-corrected chi connectivity index (χ2v) is 5.94. The monoisotopic (exact) mass is 339 g/mol. The maximum Gasteiger partial charge on any atom is 0.290 e. The van der Waals surface area contributed by atoms with Crippen LogP contribution in [-0.2, 0) is 7.05 Å². The van der Waals surface area contributed by atoms with Crippen LogP contribution in [-0.4, -0.2) is 15.7 Å². The second kappa shape index (κ2) is 6.84. The van der Waals surface area contributed by atoms with Crippen molar-refractivity contribution in [3.63, 3.8) is 0 Å². The molecule has 0 spiro atoms. The maximum atomic E-state index is 12.4. The summed E-state index contributed by atoms with van der Waals surface area (Å²) in [7, 11) is 1.89. The highest BCUT2D eigenvalue weighted by Crippen LogP contribution is 2.25. The van der Waals surface area contributed by atoms with Gasteiger partial charge in [-0.2, -0.15) is 5.10 Å². The van der Waals surface area contributed by atoms with Gasteiger partial charge in [0.1, 0.15) is 5.75 Å². The maximum absolute atomic E-state index is 12.4. The van der Waals surface area contributed by atoms with Crippen molar-refractivity contribution in [3.05, 3.63) is 65.2 Å². The number of amides is 1. The van der Waals surface area contributed by atoms with E-state index >= 15 is 0 Å². The number of nitrogens with zero attached hydrogens (tertiary/aromatic N) is 2. The molecule has 0 bridgehead atoms. The topological polar surface area (TPSA) is 69.3 Å². The van der Waals surface area contributed by atoms with Gasteiger partial charge in [0.05, 0.1) is 11.7 Å². The lowest BCUT2D eigenvalue weighted by Crippen LogP contribution is -2.27. The average Bonchev–Trinajstić information content (AvgIpc) is 3.13. The zero-order valence-electron chi connectivity index (χ0n) is 14.7. The number of hydrogen-bond donors (Lipinski definition) is 1. The van der Waals surface area contributed by atoms with Gasteiger partial charge in [-0.3, -0.25) is 9.48 Å². The molecule has 0 aliphatic rings. The molecule has 1 amide bonds. The Morgan fingerprint density at radius 3 is 2.56 bits per heavy atom. The summed E-state index contributed by atoms with van der Waals surface area (Å²) in [6.45, 7) is 5.85. The Labute approximate surface area is 146 Å². The Kier molecular flexibility index (Phi) is 4.61. The zero-order chi connectivity index (χ0) is 18.0. The quantitative estimate of drug-likeness (QED) is 0.765. The fourth-order valence-electron chi connectivity index (χ4n) is 2.86. The van der Waals surface area contributed by atoms with E-state index < -0.39 is 0 Å². The normalized spacial score (nSPS) is 12.0. The molecule has 3 rings (SSSR count). The van der Waals surface area contributed by atoms with Crippen LogP contribution >= 0.6 is 0 Å². The Morgan fingerprint density at radius 1 is 1.20 bits per heavy atom. The number of furan rings is 1. The Bertz CT molecular complexity index is 881.